The highest BCUT2D eigenvalue weighted by Crippen LogP contribution is 2.20. The van der Waals surface area contributed by atoms with Gasteiger partial charge in [-0.15, -0.1) is 0 Å². The van der Waals surface area contributed by atoms with Crippen LogP contribution in [0.4, 0.5) is 0 Å². The zero-order chi connectivity index (χ0) is 14.2. The number of benzene rings is 2. The molecule has 0 unspecified atom stereocenters. The number of allylic oxidation sites excluding steroid dienone is 4. The molecule has 0 saturated carbocycles. The summed E-state index contributed by atoms with van der Waals surface area (Å²) in [5.41, 5.74) is 5.23. The minimum absolute atomic E-state index is 1.01. The van der Waals surface area contributed by atoms with Crippen molar-refractivity contribution in [2.24, 2.45) is 0 Å². The Labute approximate surface area is 122 Å². The average molecular weight is 262 g/mol. The number of hydrogen-bond donors (Lipinski definition) is 0. The minimum Gasteiger partial charge on any atom is -0.0914 e. The summed E-state index contributed by atoms with van der Waals surface area (Å²) in [6, 6.07) is 17.5. The highest BCUT2D eigenvalue weighted by molar-refractivity contribution is 5.63. The van der Waals surface area contributed by atoms with Crippen molar-refractivity contribution in [1.29, 1.82) is 0 Å². The maximum absolute atomic E-state index is 2.24. The van der Waals surface area contributed by atoms with Crippen LogP contribution in [0.25, 0.3) is 11.1 Å². The number of rotatable bonds is 5. The highest BCUT2D eigenvalue weighted by atomic mass is 14.0. The molecule has 0 aliphatic carbocycles. The zero-order valence-electron chi connectivity index (χ0n) is 12.3. The highest BCUT2D eigenvalue weighted by Gasteiger charge is 1.97. The fourth-order valence-electron chi connectivity index (χ4n) is 2.11. The first-order valence-corrected chi connectivity index (χ1v) is 7.22. The van der Waals surface area contributed by atoms with E-state index >= 15 is 0 Å². The van der Waals surface area contributed by atoms with Crippen LogP contribution in [0.3, 0.4) is 0 Å². The molecule has 0 saturated heterocycles. The monoisotopic (exact) mass is 262 g/mol. The maximum atomic E-state index is 2.24. The second-order valence-electron chi connectivity index (χ2n) is 5.04. The predicted octanol–water partition coefficient (Wildman–Crippen LogP) is 5.73. The molecule has 0 spiro atoms. The quantitative estimate of drug-likeness (QED) is 0.604. The molecule has 0 radical (unpaired) electrons. The molecule has 0 fully saturated rings. The molecule has 0 heterocycles. The third-order valence-corrected chi connectivity index (χ3v) is 3.37. The summed E-state index contributed by atoms with van der Waals surface area (Å²) in [6.45, 7) is 4.17. The van der Waals surface area contributed by atoms with Crippen LogP contribution < -0.4 is 0 Å². The van der Waals surface area contributed by atoms with Crippen LogP contribution in [-0.4, -0.2) is 0 Å². The van der Waals surface area contributed by atoms with E-state index in [1.807, 2.05) is 0 Å². The van der Waals surface area contributed by atoms with E-state index < -0.39 is 0 Å². The Hall–Kier alpha value is -2.08. The van der Waals surface area contributed by atoms with Crippen LogP contribution in [-0.2, 0) is 6.42 Å². The lowest BCUT2D eigenvalue weighted by Crippen LogP contribution is -1.83. The number of aryl methyl sites for hydroxylation is 1. The fraction of sp³-hybridized carbons (Fsp3) is 0.200. The molecule has 20 heavy (non-hydrogen) atoms. The van der Waals surface area contributed by atoms with Crippen LogP contribution in [0, 0.1) is 6.92 Å². The second-order valence-corrected chi connectivity index (χ2v) is 5.04. The van der Waals surface area contributed by atoms with Gasteiger partial charge in [0.25, 0.3) is 0 Å². The van der Waals surface area contributed by atoms with Gasteiger partial charge in [-0.25, -0.2) is 0 Å². The first kappa shape index (κ1) is 14.3. The topological polar surface area (TPSA) is 0 Å². The van der Waals surface area contributed by atoms with Crippen molar-refractivity contribution in [1.82, 2.24) is 0 Å². The third kappa shape index (κ3) is 4.24. The Morgan fingerprint density at radius 3 is 1.95 bits per heavy atom. The van der Waals surface area contributed by atoms with Gasteiger partial charge in [-0.1, -0.05) is 78.4 Å². The maximum Gasteiger partial charge on any atom is -0.00973 e. The third-order valence-electron chi connectivity index (χ3n) is 3.37. The van der Waals surface area contributed by atoms with Gasteiger partial charge >= 0.3 is 0 Å². The van der Waals surface area contributed by atoms with Crippen LogP contribution in [0.1, 0.15) is 24.5 Å². The molecule has 0 bridgehead atoms. The molecule has 102 valence electrons. The summed E-state index contributed by atoms with van der Waals surface area (Å²) < 4.78 is 0. The zero-order valence-corrected chi connectivity index (χ0v) is 12.3. The molecule has 0 heteroatoms. The molecule has 0 amide bonds. The summed E-state index contributed by atoms with van der Waals surface area (Å²) in [6.07, 6.45) is 10.7. The summed E-state index contributed by atoms with van der Waals surface area (Å²) >= 11 is 0. The molecule has 0 nitrogen and oxygen atoms in total. The van der Waals surface area contributed by atoms with Gasteiger partial charge in [0.2, 0.25) is 0 Å². The fourth-order valence-corrected chi connectivity index (χ4v) is 2.11. The van der Waals surface area contributed by atoms with E-state index in [-0.39, 0.29) is 0 Å². The van der Waals surface area contributed by atoms with Crippen molar-refractivity contribution in [3.05, 3.63) is 84.0 Å². The van der Waals surface area contributed by atoms with E-state index in [4.69, 9.17) is 0 Å². The lowest BCUT2D eigenvalue weighted by Gasteiger charge is -2.03. The molecule has 0 aliphatic rings. The van der Waals surface area contributed by atoms with Gasteiger partial charge in [-0.2, -0.15) is 0 Å². The molecule has 2 aromatic carbocycles. The minimum atomic E-state index is 1.01. The van der Waals surface area contributed by atoms with Crippen molar-refractivity contribution in [3.63, 3.8) is 0 Å². The van der Waals surface area contributed by atoms with E-state index in [0.717, 1.165) is 12.8 Å². The Morgan fingerprint density at radius 2 is 1.35 bits per heavy atom. The lowest BCUT2D eigenvalue weighted by molar-refractivity contribution is 1.24. The van der Waals surface area contributed by atoms with Crippen LogP contribution >= 0.6 is 0 Å². The predicted molar refractivity (Wildman–Crippen MR) is 88.9 cm³/mol. The Balaban J connectivity index is 1.99. The standard InChI is InChI=1S/C20H22/c1-3-4-5-6-7-8-18-11-15-20(16-12-18)19-13-9-17(2)10-14-19/h3-4,6-7,9-16H,5,8H2,1-2H3/b4-3+,7-6-. The SMILES string of the molecule is C/C=C/C/C=C\Cc1ccc(-c2ccc(C)cc2)cc1. The van der Waals surface area contributed by atoms with Gasteiger partial charge in [0.15, 0.2) is 0 Å². The summed E-state index contributed by atoms with van der Waals surface area (Å²) in [7, 11) is 0. The van der Waals surface area contributed by atoms with E-state index in [2.05, 4.69) is 86.7 Å². The molecular weight excluding hydrogens is 240 g/mol. The van der Waals surface area contributed by atoms with Crippen molar-refractivity contribution >= 4 is 0 Å². The molecule has 0 aliphatic heterocycles. The second kappa shape index (κ2) is 7.49. The Morgan fingerprint density at radius 1 is 0.750 bits per heavy atom. The number of hydrogen-bond acceptors (Lipinski definition) is 0. The van der Waals surface area contributed by atoms with E-state index in [0.29, 0.717) is 0 Å². The van der Waals surface area contributed by atoms with E-state index in [9.17, 15) is 0 Å². The van der Waals surface area contributed by atoms with Crippen molar-refractivity contribution in [2.45, 2.75) is 26.7 Å². The van der Waals surface area contributed by atoms with Gasteiger partial charge in [0.1, 0.15) is 0 Å². The van der Waals surface area contributed by atoms with Gasteiger partial charge in [0.05, 0.1) is 0 Å². The lowest BCUT2D eigenvalue weighted by atomic mass is 10.0. The van der Waals surface area contributed by atoms with Crippen molar-refractivity contribution in [3.8, 4) is 11.1 Å². The first-order valence-electron chi connectivity index (χ1n) is 7.22. The largest absolute Gasteiger partial charge is 0.0914 e. The van der Waals surface area contributed by atoms with E-state index in [1.54, 1.807) is 0 Å². The Kier molecular flexibility index (Phi) is 5.37. The van der Waals surface area contributed by atoms with Gasteiger partial charge in [-0.05, 0) is 43.4 Å². The van der Waals surface area contributed by atoms with Crippen molar-refractivity contribution in [2.75, 3.05) is 0 Å². The first-order chi connectivity index (χ1) is 9.79. The van der Waals surface area contributed by atoms with Gasteiger partial charge < -0.3 is 0 Å². The van der Waals surface area contributed by atoms with Crippen LogP contribution in [0.15, 0.2) is 72.8 Å². The molecule has 2 rings (SSSR count). The molecule has 0 atom stereocenters. The summed E-state index contributed by atoms with van der Waals surface area (Å²) in [4.78, 5) is 0. The van der Waals surface area contributed by atoms with Crippen LogP contribution in [0.5, 0.6) is 0 Å². The molecular formula is C20H22. The van der Waals surface area contributed by atoms with E-state index in [1.165, 1.54) is 22.3 Å². The normalized spacial score (nSPS) is 11.5. The van der Waals surface area contributed by atoms with Gasteiger partial charge in [-0.3, -0.25) is 0 Å². The molecule has 0 N–H and O–H groups in total. The molecule has 2 aromatic rings. The van der Waals surface area contributed by atoms with Gasteiger partial charge in [0, 0.05) is 0 Å². The smallest absolute Gasteiger partial charge is 0.00973 e. The summed E-state index contributed by atoms with van der Waals surface area (Å²) in [5.74, 6) is 0. The van der Waals surface area contributed by atoms with Crippen molar-refractivity contribution < 1.29 is 0 Å². The summed E-state index contributed by atoms with van der Waals surface area (Å²) in [5, 5.41) is 0. The average Bonchev–Trinajstić information content (AvgIpc) is 2.49. The van der Waals surface area contributed by atoms with Crippen LogP contribution in [0.2, 0.25) is 0 Å². The molecule has 0 aromatic heterocycles. The Bertz CT molecular complexity index is 568.